The summed E-state index contributed by atoms with van der Waals surface area (Å²) < 4.78 is 5.41. The summed E-state index contributed by atoms with van der Waals surface area (Å²) in [7, 11) is 1.95. The van der Waals surface area contributed by atoms with Crippen molar-refractivity contribution in [3.8, 4) is 0 Å². The maximum Gasteiger partial charge on any atom is 0.138 e. The Hall–Kier alpha value is -1.20. The lowest BCUT2D eigenvalue weighted by atomic mass is 9.97. The molecule has 0 atom stereocenters. The maximum atomic E-state index is 5.41. The molecule has 0 unspecified atom stereocenters. The van der Waals surface area contributed by atoms with Gasteiger partial charge in [-0.15, -0.1) is 11.3 Å². The molecule has 20 heavy (non-hydrogen) atoms. The molecule has 0 bridgehead atoms. The molecule has 0 aliphatic heterocycles. The summed E-state index contributed by atoms with van der Waals surface area (Å²) >= 11 is 1.85. The minimum atomic E-state index is 0.691. The molecule has 0 spiro atoms. The van der Waals surface area contributed by atoms with E-state index in [1.807, 2.05) is 25.3 Å². The van der Waals surface area contributed by atoms with Crippen LogP contribution in [0.25, 0.3) is 10.2 Å². The minimum Gasteiger partial charge on any atom is -0.381 e. The first-order valence-electron chi connectivity index (χ1n) is 7.40. The van der Waals surface area contributed by atoms with E-state index in [9.17, 15) is 0 Å². The first-order valence-corrected chi connectivity index (χ1v) is 8.21. The van der Waals surface area contributed by atoms with Crippen LogP contribution < -0.4 is 5.32 Å². The highest BCUT2D eigenvalue weighted by Crippen LogP contribution is 2.38. The van der Waals surface area contributed by atoms with Crippen molar-refractivity contribution in [2.75, 3.05) is 25.6 Å². The second kappa shape index (κ2) is 6.06. The van der Waals surface area contributed by atoms with Gasteiger partial charge in [-0.25, -0.2) is 9.97 Å². The Morgan fingerprint density at radius 1 is 1.25 bits per heavy atom. The van der Waals surface area contributed by atoms with Crippen LogP contribution in [0.3, 0.4) is 0 Å². The predicted octanol–water partition coefficient (Wildman–Crippen LogP) is 3.19. The van der Waals surface area contributed by atoms with Crippen molar-refractivity contribution < 1.29 is 4.74 Å². The molecule has 0 amide bonds. The smallest absolute Gasteiger partial charge is 0.138 e. The number of fused-ring (bicyclic) bond motifs is 3. The molecule has 2 aromatic heterocycles. The predicted molar refractivity (Wildman–Crippen MR) is 83.8 cm³/mol. The van der Waals surface area contributed by atoms with Crippen molar-refractivity contribution in [1.29, 1.82) is 0 Å². The number of aryl methyl sites for hydroxylation is 2. The molecule has 108 valence electrons. The highest BCUT2D eigenvalue weighted by atomic mass is 32.1. The molecule has 2 heterocycles. The third-order valence-electron chi connectivity index (χ3n) is 3.77. The fraction of sp³-hybridized carbons (Fsp3) is 0.600. The summed E-state index contributed by atoms with van der Waals surface area (Å²) in [6, 6.07) is 0. The van der Waals surface area contributed by atoms with Gasteiger partial charge in [-0.1, -0.05) is 0 Å². The van der Waals surface area contributed by atoms with Gasteiger partial charge in [0.25, 0.3) is 0 Å². The van der Waals surface area contributed by atoms with E-state index in [1.54, 1.807) is 0 Å². The van der Waals surface area contributed by atoms with E-state index in [0.29, 0.717) is 6.61 Å². The molecule has 0 saturated carbocycles. The molecule has 5 heteroatoms. The summed E-state index contributed by atoms with van der Waals surface area (Å²) in [5.74, 6) is 1.87. The summed E-state index contributed by atoms with van der Waals surface area (Å²) in [6.45, 7) is 3.45. The zero-order valence-electron chi connectivity index (χ0n) is 12.2. The van der Waals surface area contributed by atoms with Crippen molar-refractivity contribution in [2.24, 2.45) is 0 Å². The van der Waals surface area contributed by atoms with Gasteiger partial charge in [-0.05, 0) is 38.2 Å². The van der Waals surface area contributed by atoms with E-state index in [-0.39, 0.29) is 0 Å². The van der Waals surface area contributed by atoms with Crippen molar-refractivity contribution in [2.45, 2.75) is 39.0 Å². The van der Waals surface area contributed by atoms with E-state index in [4.69, 9.17) is 9.72 Å². The minimum absolute atomic E-state index is 0.691. The lowest BCUT2D eigenvalue weighted by molar-refractivity contribution is 0.149. The van der Waals surface area contributed by atoms with Crippen LogP contribution in [0, 0.1) is 0 Å². The molecule has 1 aliphatic rings. The Morgan fingerprint density at radius 2 is 2.10 bits per heavy atom. The Morgan fingerprint density at radius 3 is 2.90 bits per heavy atom. The van der Waals surface area contributed by atoms with Crippen LogP contribution in [-0.2, 0) is 24.0 Å². The van der Waals surface area contributed by atoms with Gasteiger partial charge in [-0.3, -0.25) is 0 Å². The number of thiophene rings is 1. The van der Waals surface area contributed by atoms with Crippen LogP contribution in [0.5, 0.6) is 0 Å². The number of aromatic nitrogens is 2. The first-order chi connectivity index (χ1) is 9.83. The van der Waals surface area contributed by atoms with Crippen LogP contribution in [0.15, 0.2) is 0 Å². The quantitative estimate of drug-likeness (QED) is 0.859. The van der Waals surface area contributed by atoms with Gasteiger partial charge >= 0.3 is 0 Å². The van der Waals surface area contributed by atoms with E-state index in [2.05, 4.69) is 10.3 Å². The average Bonchev–Trinajstić information content (AvgIpc) is 2.85. The summed E-state index contributed by atoms with van der Waals surface area (Å²) in [6.07, 6.45) is 5.74. The highest BCUT2D eigenvalue weighted by molar-refractivity contribution is 7.19. The van der Waals surface area contributed by atoms with Crippen LogP contribution in [0.1, 0.15) is 36.0 Å². The number of nitrogens with one attached hydrogen (secondary N) is 1. The van der Waals surface area contributed by atoms with Gasteiger partial charge in [0.2, 0.25) is 0 Å². The standard InChI is InChI=1S/C15H21N3OS/c1-3-19-9-8-12-17-14(16-2)13-10-6-4-5-7-11(10)20-15(13)18-12/h3-9H2,1-2H3,(H,16,17,18). The van der Waals surface area contributed by atoms with Gasteiger partial charge in [-0.2, -0.15) is 0 Å². The van der Waals surface area contributed by atoms with Gasteiger partial charge in [0, 0.05) is 25.0 Å². The number of hydrogen-bond acceptors (Lipinski definition) is 5. The number of nitrogens with zero attached hydrogens (tertiary/aromatic N) is 2. The van der Waals surface area contributed by atoms with Crippen molar-refractivity contribution in [3.05, 3.63) is 16.3 Å². The summed E-state index contributed by atoms with van der Waals surface area (Å²) in [5, 5.41) is 4.51. The fourth-order valence-corrected chi connectivity index (χ4v) is 4.08. The molecule has 2 aromatic rings. The average molecular weight is 291 g/mol. The van der Waals surface area contributed by atoms with Crippen LogP contribution in [-0.4, -0.2) is 30.2 Å². The van der Waals surface area contributed by atoms with Crippen LogP contribution in [0.2, 0.25) is 0 Å². The molecule has 0 aromatic carbocycles. The van der Waals surface area contributed by atoms with Gasteiger partial charge in [0.05, 0.1) is 12.0 Å². The highest BCUT2D eigenvalue weighted by Gasteiger charge is 2.20. The summed E-state index contributed by atoms with van der Waals surface area (Å²) in [5.41, 5.74) is 1.48. The van der Waals surface area contributed by atoms with Crippen molar-refractivity contribution in [3.63, 3.8) is 0 Å². The van der Waals surface area contributed by atoms with E-state index in [1.165, 1.54) is 41.5 Å². The first kappa shape index (κ1) is 13.8. The lowest BCUT2D eigenvalue weighted by Crippen LogP contribution is -2.06. The van der Waals surface area contributed by atoms with Crippen molar-refractivity contribution in [1.82, 2.24) is 9.97 Å². The molecule has 0 fully saturated rings. The number of rotatable bonds is 5. The Labute approximate surface area is 123 Å². The van der Waals surface area contributed by atoms with Crippen LogP contribution >= 0.6 is 11.3 Å². The zero-order chi connectivity index (χ0) is 13.9. The second-order valence-electron chi connectivity index (χ2n) is 5.08. The topological polar surface area (TPSA) is 47.0 Å². The second-order valence-corrected chi connectivity index (χ2v) is 6.16. The Kier molecular flexibility index (Phi) is 4.17. The molecular formula is C15H21N3OS. The molecule has 1 N–H and O–H groups in total. The van der Waals surface area contributed by atoms with Gasteiger partial charge < -0.3 is 10.1 Å². The van der Waals surface area contributed by atoms with Crippen LogP contribution in [0.4, 0.5) is 5.82 Å². The largest absolute Gasteiger partial charge is 0.381 e. The molecule has 0 saturated heterocycles. The maximum absolute atomic E-state index is 5.41. The fourth-order valence-electron chi connectivity index (χ4n) is 2.80. The molecule has 0 radical (unpaired) electrons. The van der Waals surface area contributed by atoms with E-state index >= 15 is 0 Å². The normalized spacial score (nSPS) is 14.5. The van der Waals surface area contributed by atoms with Crippen molar-refractivity contribution >= 4 is 27.4 Å². The zero-order valence-corrected chi connectivity index (χ0v) is 13.0. The lowest BCUT2D eigenvalue weighted by Gasteiger charge is -2.12. The number of hydrogen-bond donors (Lipinski definition) is 1. The third-order valence-corrected chi connectivity index (χ3v) is 4.96. The molecule has 3 rings (SSSR count). The van der Waals surface area contributed by atoms with E-state index < -0.39 is 0 Å². The molecular weight excluding hydrogens is 270 g/mol. The Bertz CT molecular complexity index is 609. The number of ether oxygens (including phenoxy) is 1. The van der Waals surface area contributed by atoms with E-state index in [0.717, 1.165) is 29.5 Å². The SMILES string of the molecule is CCOCCc1nc(NC)c2c3c(sc2n1)CCCC3. The monoisotopic (exact) mass is 291 g/mol. The number of anilines is 1. The Balaban J connectivity index is 2.00. The van der Waals surface area contributed by atoms with Gasteiger partial charge in [0.1, 0.15) is 16.5 Å². The molecule has 4 nitrogen and oxygen atoms in total. The third kappa shape index (κ3) is 2.52. The molecule has 1 aliphatic carbocycles. The summed E-state index contributed by atoms with van der Waals surface area (Å²) in [4.78, 5) is 12.1. The van der Waals surface area contributed by atoms with Gasteiger partial charge in [0.15, 0.2) is 0 Å².